The number of hydrogen-bond acceptors (Lipinski definition) is 4. The van der Waals surface area contributed by atoms with Crippen LogP contribution in [0.4, 0.5) is 0 Å². The molecule has 8 heteroatoms. The maximum atomic E-state index is 12.8. The number of unbranched alkanes of at least 4 members (excludes halogenated alkanes) is 1. The third-order valence-corrected chi connectivity index (χ3v) is 7.67. The number of nitrogens with zero attached hydrogens (tertiary/aromatic N) is 2. The molecule has 2 unspecified atom stereocenters. The molecule has 0 aliphatic heterocycles. The van der Waals surface area contributed by atoms with E-state index in [9.17, 15) is 14.7 Å². The smallest absolute Gasteiger partial charge is 0.336 e. The summed E-state index contributed by atoms with van der Waals surface area (Å²) in [7, 11) is 0. The van der Waals surface area contributed by atoms with E-state index in [1.54, 1.807) is 18.6 Å². The van der Waals surface area contributed by atoms with Gasteiger partial charge in [-0.1, -0.05) is 63.4 Å². The van der Waals surface area contributed by atoms with Gasteiger partial charge in [-0.3, -0.25) is 4.79 Å². The van der Waals surface area contributed by atoms with Crippen LogP contribution in [-0.2, 0) is 17.9 Å². The molecule has 37 heavy (non-hydrogen) atoms. The molecule has 6 nitrogen and oxygen atoms in total. The number of carbonyl (C=O) groups excluding carboxylic acids is 1. The van der Waals surface area contributed by atoms with E-state index in [4.69, 9.17) is 11.6 Å². The Balaban J connectivity index is 2.02. The fraction of sp³-hybridized carbons (Fsp3) is 0.414. The molecule has 1 amide bonds. The van der Waals surface area contributed by atoms with Crippen molar-refractivity contribution in [1.29, 1.82) is 0 Å². The number of hydrogen-bond donors (Lipinski definition) is 3. The van der Waals surface area contributed by atoms with Crippen LogP contribution in [0.3, 0.4) is 0 Å². The topological polar surface area (TPSA) is 84.2 Å². The Morgan fingerprint density at radius 1 is 1.16 bits per heavy atom. The molecule has 2 atom stereocenters. The van der Waals surface area contributed by atoms with Gasteiger partial charge >= 0.3 is 5.97 Å². The van der Waals surface area contributed by atoms with E-state index in [1.165, 1.54) is 11.6 Å². The zero-order valence-electron chi connectivity index (χ0n) is 21.7. The quantitative estimate of drug-likeness (QED) is 0.207. The van der Waals surface area contributed by atoms with Gasteiger partial charge in [0.15, 0.2) is 0 Å². The van der Waals surface area contributed by atoms with Gasteiger partial charge in [0.2, 0.25) is 5.91 Å². The lowest BCUT2D eigenvalue weighted by Crippen LogP contribution is -2.31. The van der Waals surface area contributed by atoms with Crippen LogP contribution in [0.25, 0.3) is 11.1 Å². The molecule has 3 aromatic rings. The second-order valence-corrected chi connectivity index (χ2v) is 10.3. The first kappa shape index (κ1) is 28.8. The van der Waals surface area contributed by atoms with Gasteiger partial charge in [0.1, 0.15) is 0 Å². The third-order valence-electron chi connectivity index (χ3n) is 6.88. The largest absolute Gasteiger partial charge is 0.478 e. The van der Waals surface area contributed by atoms with Gasteiger partial charge in [-0.15, -0.1) is 0 Å². The first-order valence-corrected chi connectivity index (χ1v) is 13.8. The number of halogens is 1. The monoisotopic (exact) mass is 541 g/mol. The maximum Gasteiger partial charge on any atom is 0.336 e. The van der Waals surface area contributed by atoms with Crippen molar-refractivity contribution in [2.75, 3.05) is 5.75 Å². The molecule has 1 heterocycles. The first-order valence-electron chi connectivity index (χ1n) is 12.8. The molecule has 0 aliphatic rings. The van der Waals surface area contributed by atoms with Crippen molar-refractivity contribution in [3.05, 3.63) is 76.3 Å². The Hall–Kier alpha value is -2.77. The van der Waals surface area contributed by atoms with Crippen molar-refractivity contribution in [3.63, 3.8) is 0 Å². The zero-order chi connectivity index (χ0) is 26.9. The summed E-state index contributed by atoms with van der Waals surface area (Å²) >= 11 is 10.9. The van der Waals surface area contributed by atoms with Crippen molar-refractivity contribution < 1.29 is 14.7 Å². The number of benzene rings is 2. The van der Waals surface area contributed by atoms with Crippen LogP contribution in [0, 0.1) is 5.92 Å². The predicted molar refractivity (Wildman–Crippen MR) is 153 cm³/mol. The minimum Gasteiger partial charge on any atom is -0.478 e. The second-order valence-electron chi connectivity index (χ2n) is 9.49. The summed E-state index contributed by atoms with van der Waals surface area (Å²) in [4.78, 5) is 29.2. The zero-order valence-corrected chi connectivity index (χ0v) is 23.4. The average Bonchev–Trinajstić information content (AvgIpc) is 3.40. The van der Waals surface area contributed by atoms with Crippen LogP contribution in [0.5, 0.6) is 0 Å². The molecule has 1 aromatic heterocycles. The van der Waals surface area contributed by atoms with Crippen LogP contribution in [0.1, 0.15) is 79.4 Å². The highest BCUT2D eigenvalue weighted by Gasteiger charge is 2.21. The van der Waals surface area contributed by atoms with E-state index in [2.05, 4.69) is 55.8 Å². The Kier molecular flexibility index (Phi) is 10.6. The lowest BCUT2D eigenvalue weighted by atomic mass is 9.89. The number of carboxylic acid groups (broad SMARTS) is 1. The molecule has 0 bridgehead atoms. The fourth-order valence-electron chi connectivity index (χ4n) is 4.36. The number of aromatic carboxylic acids is 1. The summed E-state index contributed by atoms with van der Waals surface area (Å²) in [5.41, 5.74) is 4.37. The number of carbonyl (C=O) groups is 2. The van der Waals surface area contributed by atoms with Crippen LogP contribution >= 0.6 is 24.2 Å². The van der Waals surface area contributed by atoms with Crippen molar-refractivity contribution in [2.24, 2.45) is 5.92 Å². The van der Waals surface area contributed by atoms with E-state index < -0.39 is 5.97 Å². The number of carboxylic acids is 1. The number of rotatable bonds is 13. The minimum atomic E-state index is -1.05. The van der Waals surface area contributed by atoms with Gasteiger partial charge in [-0.25, -0.2) is 9.78 Å². The van der Waals surface area contributed by atoms with Crippen molar-refractivity contribution in [2.45, 2.75) is 65.5 Å². The molecule has 2 N–H and O–H groups in total. The third kappa shape index (κ3) is 7.39. The van der Waals surface area contributed by atoms with Gasteiger partial charge in [-0.05, 0) is 58.7 Å². The van der Waals surface area contributed by atoms with Crippen LogP contribution in [0.2, 0.25) is 5.02 Å². The van der Waals surface area contributed by atoms with Crippen LogP contribution < -0.4 is 5.32 Å². The first-order chi connectivity index (χ1) is 17.8. The Labute approximate surface area is 229 Å². The molecular formula is C29H36ClN3O3S. The predicted octanol–water partition coefficient (Wildman–Crippen LogP) is 6.82. The highest BCUT2D eigenvalue weighted by Crippen LogP contribution is 2.34. The number of amides is 1. The van der Waals surface area contributed by atoms with Gasteiger partial charge in [-0.2, -0.15) is 12.6 Å². The standard InChI is InChI=1S/C29H36ClN3O3S/c1-4-6-7-21(17-37)28(34)32-15-22-13-25(26(29(35)36)14-27(22)30)24-9-8-20(19(3)5-2)12-23(24)16-33-11-10-31-18-33/h8-14,18-19,21,37H,4-7,15-17H2,1-3H3,(H,32,34)(H,35,36). The van der Waals surface area contributed by atoms with Gasteiger partial charge in [0.05, 0.1) is 11.9 Å². The highest BCUT2D eigenvalue weighted by molar-refractivity contribution is 7.80. The molecule has 0 radical (unpaired) electrons. The normalized spacial score (nSPS) is 12.8. The summed E-state index contributed by atoms with van der Waals surface area (Å²) < 4.78 is 1.96. The van der Waals surface area contributed by atoms with Crippen molar-refractivity contribution >= 4 is 36.1 Å². The Morgan fingerprint density at radius 3 is 2.57 bits per heavy atom. The second kappa shape index (κ2) is 13.7. The lowest BCUT2D eigenvalue weighted by Gasteiger charge is -2.19. The molecular weight excluding hydrogens is 506 g/mol. The average molecular weight is 542 g/mol. The molecule has 0 fully saturated rings. The van der Waals surface area contributed by atoms with E-state index in [0.717, 1.165) is 36.8 Å². The summed E-state index contributed by atoms with van der Waals surface area (Å²) in [5.74, 6) is -0.445. The summed E-state index contributed by atoms with van der Waals surface area (Å²) in [6.07, 6.45) is 9.11. The molecule has 0 saturated heterocycles. The number of aromatic nitrogens is 2. The minimum absolute atomic E-state index is 0.0675. The van der Waals surface area contributed by atoms with Gasteiger partial charge in [0, 0.05) is 42.2 Å². The molecule has 0 saturated carbocycles. The SMILES string of the molecule is CCCCC(CS)C(=O)NCc1cc(-c2ccc(C(C)CC)cc2Cn2ccnc2)c(C(=O)O)cc1Cl. The van der Waals surface area contributed by atoms with E-state index in [-0.39, 0.29) is 23.9 Å². The molecule has 198 valence electrons. The molecule has 0 spiro atoms. The lowest BCUT2D eigenvalue weighted by molar-refractivity contribution is -0.124. The summed E-state index contributed by atoms with van der Waals surface area (Å²) in [5, 5.41) is 13.3. The highest BCUT2D eigenvalue weighted by atomic mass is 35.5. The van der Waals surface area contributed by atoms with Gasteiger partial charge in [0.25, 0.3) is 0 Å². The van der Waals surface area contributed by atoms with Crippen LogP contribution in [-0.4, -0.2) is 32.3 Å². The Morgan fingerprint density at radius 2 is 1.95 bits per heavy atom. The van der Waals surface area contributed by atoms with E-state index >= 15 is 0 Å². The van der Waals surface area contributed by atoms with Crippen molar-refractivity contribution in [3.8, 4) is 11.1 Å². The number of imidazole rings is 1. The Bertz CT molecular complexity index is 1210. The van der Waals surface area contributed by atoms with E-state index in [0.29, 0.717) is 34.4 Å². The fourth-order valence-corrected chi connectivity index (χ4v) is 4.94. The van der Waals surface area contributed by atoms with Crippen molar-refractivity contribution in [1.82, 2.24) is 14.9 Å². The van der Waals surface area contributed by atoms with Crippen LogP contribution in [0.15, 0.2) is 49.1 Å². The summed E-state index contributed by atoms with van der Waals surface area (Å²) in [6.45, 7) is 7.18. The van der Waals surface area contributed by atoms with Gasteiger partial charge < -0.3 is 15.0 Å². The number of thiol groups is 1. The maximum absolute atomic E-state index is 12.8. The van der Waals surface area contributed by atoms with E-state index in [1.807, 2.05) is 16.8 Å². The number of nitrogens with one attached hydrogen (secondary N) is 1. The molecule has 3 rings (SSSR count). The molecule has 2 aromatic carbocycles. The molecule has 0 aliphatic carbocycles. The summed E-state index contributed by atoms with van der Waals surface area (Å²) in [6, 6.07) is 9.48.